The van der Waals surface area contributed by atoms with Crippen LogP contribution in [-0.2, 0) is 4.79 Å². The monoisotopic (exact) mass is 223 g/mol. The molecule has 0 saturated heterocycles. The number of nitriles is 1. The van der Waals surface area contributed by atoms with Crippen molar-refractivity contribution in [2.75, 3.05) is 7.11 Å². The number of rotatable bonds is 2. The summed E-state index contributed by atoms with van der Waals surface area (Å²) in [7, 11) is 1.00. The van der Waals surface area contributed by atoms with Gasteiger partial charge in [0.25, 0.3) is 0 Å². The molecule has 0 spiro atoms. The van der Waals surface area contributed by atoms with Crippen LogP contribution in [0.5, 0.6) is 0 Å². The standard InChI is InChI=1S/C6H7N.C6H10O.CH4O/c1-3-4-6(2)5-7;1-6(2)3-5(6)4-7;1-2/h3-4H,2H2,1H3;4-5H,3H2,1-2H3;2H,1H3/b4-3+;;. The van der Waals surface area contributed by atoms with Crippen LogP contribution in [0.25, 0.3) is 0 Å². The van der Waals surface area contributed by atoms with E-state index in [0.29, 0.717) is 16.9 Å². The van der Waals surface area contributed by atoms with Crippen molar-refractivity contribution in [2.45, 2.75) is 27.2 Å². The van der Waals surface area contributed by atoms with Crippen molar-refractivity contribution in [3.63, 3.8) is 0 Å². The van der Waals surface area contributed by atoms with Gasteiger partial charge in [-0.3, -0.25) is 0 Å². The van der Waals surface area contributed by atoms with Crippen LogP contribution in [0.15, 0.2) is 24.3 Å². The van der Waals surface area contributed by atoms with Crippen LogP contribution >= 0.6 is 0 Å². The van der Waals surface area contributed by atoms with Crippen LogP contribution in [0.1, 0.15) is 27.2 Å². The third-order valence-electron chi connectivity index (χ3n) is 2.27. The first kappa shape index (κ1) is 17.0. The van der Waals surface area contributed by atoms with E-state index in [1.54, 1.807) is 12.2 Å². The molecule has 0 heterocycles. The van der Waals surface area contributed by atoms with Crippen LogP contribution in [-0.4, -0.2) is 18.5 Å². The minimum atomic E-state index is 0.349. The second-order valence-electron chi connectivity index (χ2n) is 4.07. The molecule has 1 saturated carbocycles. The zero-order valence-corrected chi connectivity index (χ0v) is 10.5. The van der Waals surface area contributed by atoms with Gasteiger partial charge in [0.05, 0.1) is 6.07 Å². The minimum Gasteiger partial charge on any atom is -0.400 e. The predicted molar refractivity (Wildman–Crippen MR) is 65.7 cm³/mol. The molecule has 0 aliphatic heterocycles. The SMILES string of the molecule is C=C(C#N)/C=C/C.CC1(C)CC1C=O.CO. The fourth-order valence-electron chi connectivity index (χ4n) is 0.979. The van der Waals surface area contributed by atoms with Crippen molar-refractivity contribution >= 4 is 6.29 Å². The van der Waals surface area contributed by atoms with Crippen molar-refractivity contribution in [1.82, 2.24) is 0 Å². The maximum Gasteiger partial charge on any atom is 0.123 e. The van der Waals surface area contributed by atoms with Gasteiger partial charge in [0.1, 0.15) is 6.29 Å². The van der Waals surface area contributed by atoms with E-state index in [0.717, 1.165) is 19.8 Å². The van der Waals surface area contributed by atoms with E-state index >= 15 is 0 Å². The fourth-order valence-corrected chi connectivity index (χ4v) is 0.979. The Morgan fingerprint density at radius 3 is 2.06 bits per heavy atom. The van der Waals surface area contributed by atoms with Crippen LogP contribution in [0.4, 0.5) is 0 Å². The fraction of sp³-hybridized carbons (Fsp3) is 0.538. The van der Waals surface area contributed by atoms with Gasteiger partial charge in [-0.25, -0.2) is 0 Å². The van der Waals surface area contributed by atoms with Gasteiger partial charge in [0, 0.05) is 18.6 Å². The summed E-state index contributed by atoms with van der Waals surface area (Å²) < 4.78 is 0. The zero-order valence-electron chi connectivity index (χ0n) is 10.5. The zero-order chi connectivity index (χ0) is 13.2. The van der Waals surface area contributed by atoms with Gasteiger partial charge in [-0.2, -0.15) is 5.26 Å². The molecular formula is C13H21NO2. The van der Waals surface area contributed by atoms with Gasteiger partial charge in [-0.15, -0.1) is 0 Å². The van der Waals surface area contributed by atoms with Gasteiger partial charge >= 0.3 is 0 Å². The van der Waals surface area contributed by atoms with E-state index in [1.165, 1.54) is 0 Å². The predicted octanol–water partition coefficient (Wildman–Crippen LogP) is 2.48. The molecule has 1 N–H and O–H groups in total. The Balaban J connectivity index is 0. The lowest BCUT2D eigenvalue weighted by Crippen LogP contribution is -1.88. The lowest BCUT2D eigenvalue weighted by atomic mass is 10.1. The van der Waals surface area contributed by atoms with E-state index < -0.39 is 0 Å². The lowest BCUT2D eigenvalue weighted by Gasteiger charge is -1.91. The molecule has 90 valence electrons. The summed E-state index contributed by atoms with van der Waals surface area (Å²) in [5, 5.41) is 15.1. The Morgan fingerprint density at radius 2 is 2.00 bits per heavy atom. The molecule has 1 aliphatic rings. The third-order valence-corrected chi connectivity index (χ3v) is 2.27. The first-order valence-electron chi connectivity index (χ1n) is 5.09. The smallest absolute Gasteiger partial charge is 0.123 e. The molecule has 0 amide bonds. The Morgan fingerprint density at radius 1 is 1.56 bits per heavy atom. The summed E-state index contributed by atoms with van der Waals surface area (Å²) >= 11 is 0. The second-order valence-corrected chi connectivity index (χ2v) is 4.07. The topological polar surface area (TPSA) is 61.1 Å². The van der Waals surface area contributed by atoms with Crippen molar-refractivity contribution in [3.05, 3.63) is 24.3 Å². The summed E-state index contributed by atoms with van der Waals surface area (Å²) in [6.07, 6.45) is 5.60. The molecule has 3 nitrogen and oxygen atoms in total. The first-order chi connectivity index (χ1) is 7.47. The summed E-state index contributed by atoms with van der Waals surface area (Å²) in [5.74, 6) is 0.368. The number of carbonyl (C=O) groups excluding carboxylic acids is 1. The highest BCUT2D eigenvalue weighted by molar-refractivity contribution is 5.59. The Kier molecular flexibility index (Phi) is 9.43. The highest BCUT2D eigenvalue weighted by Gasteiger charge is 2.45. The average molecular weight is 223 g/mol. The maximum atomic E-state index is 9.98. The lowest BCUT2D eigenvalue weighted by molar-refractivity contribution is -0.109. The highest BCUT2D eigenvalue weighted by atomic mass is 16.2. The molecule has 0 bridgehead atoms. The Labute approximate surface area is 98.1 Å². The van der Waals surface area contributed by atoms with E-state index in [1.807, 2.05) is 13.0 Å². The summed E-state index contributed by atoms with van der Waals surface area (Å²) in [5.41, 5.74) is 0.851. The molecule has 1 aliphatic carbocycles. The third kappa shape index (κ3) is 7.95. The molecule has 0 radical (unpaired) electrons. The largest absolute Gasteiger partial charge is 0.400 e. The Hall–Kier alpha value is -1.40. The van der Waals surface area contributed by atoms with Crippen molar-refractivity contribution < 1.29 is 9.90 Å². The molecule has 1 unspecified atom stereocenters. The number of nitrogens with zero attached hydrogens (tertiary/aromatic N) is 1. The summed E-state index contributed by atoms with van der Waals surface area (Å²) in [6, 6.07) is 1.88. The van der Waals surface area contributed by atoms with Gasteiger partial charge in [-0.1, -0.05) is 26.5 Å². The molecular weight excluding hydrogens is 202 g/mol. The quantitative estimate of drug-likeness (QED) is 0.444. The van der Waals surface area contributed by atoms with E-state index in [2.05, 4.69) is 20.4 Å². The van der Waals surface area contributed by atoms with Crippen LogP contribution < -0.4 is 0 Å². The minimum absolute atomic E-state index is 0.349. The van der Waals surface area contributed by atoms with E-state index in [-0.39, 0.29) is 0 Å². The average Bonchev–Trinajstić information content (AvgIpc) is 2.91. The number of hydrogen-bond donors (Lipinski definition) is 1. The Bertz CT molecular complexity index is 285. The van der Waals surface area contributed by atoms with Crippen molar-refractivity contribution in [3.8, 4) is 6.07 Å². The number of aldehydes is 1. The number of carbonyl (C=O) groups is 1. The molecule has 0 aromatic rings. The number of hydrogen-bond acceptors (Lipinski definition) is 3. The van der Waals surface area contributed by atoms with Gasteiger partial charge in [-0.05, 0) is 24.8 Å². The second kappa shape index (κ2) is 8.87. The summed E-state index contributed by atoms with van der Waals surface area (Å²) in [4.78, 5) is 9.98. The van der Waals surface area contributed by atoms with Crippen molar-refractivity contribution in [2.24, 2.45) is 11.3 Å². The van der Waals surface area contributed by atoms with Crippen LogP contribution in [0.2, 0.25) is 0 Å². The highest BCUT2D eigenvalue weighted by Crippen LogP contribution is 2.49. The molecule has 0 aromatic carbocycles. The molecule has 1 fully saturated rings. The van der Waals surface area contributed by atoms with Gasteiger partial charge < -0.3 is 9.90 Å². The molecule has 1 atom stereocenters. The van der Waals surface area contributed by atoms with Gasteiger partial charge in [0.2, 0.25) is 0 Å². The van der Waals surface area contributed by atoms with Crippen LogP contribution in [0, 0.1) is 22.7 Å². The molecule has 16 heavy (non-hydrogen) atoms. The van der Waals surface area contributed by atoms with E-state index in [9.17, 15) is 4.79 Å². The van der Waals surface area contributed by atoms with Crippen molar-refractivity contribution in [1.29, 1.82) is 5.26 Å². The molecule has 1 rings (SSSR count). The number of aliphatic hydroxyl groups is 1. The maximum absolute atomic E-state index is 9.98. The summed E-state index contributed by atoms with van der Waals surface area (Å²) in [6.45, 7) is 9.50. The normalized spacial score (nSPS) is 19.4. The molecule has 0 aromatic heterocycles. The number of allylic oxidation sites excluding steroid dienone is 3. The molecule has 3 heteroatoms. The first-order valence-corrected chi connectivity index (χ1v) is 5.09. The van der Waals surface area contributed by atoms with E-state index in [4.69, 9.17) is 10.4 Å². The number of aliphatic hydroxyl groups excluding tert-OH is 1. The van der Waals surface area contributed by atoms with Gasteiger partial charge in [0.15, 0.2) is 0 Å². The van der Waals surface area contributed by atoms with Crippen LogP contribution in [0.3, 0.4) is 0 Å².